The molecule has 0 aromatic rings. The van der Waals surface area contributed by atoms with Gasteiger partial charge >= 0.3 is 11.9 Å². The summed E-state index contributed by atoms with van der Waals surface area (Å²) >= 11 is 0. The number of nitrogens with zero attached hydrogens (tertiary/aromatic N) is 1. The number of hydrogen-bond donors (Lipinski definition) is 3. The summed E-state index contributed by atoms with van der Waals surface area (Å²) in [4.78, 5) is 25.6. The van der Waals surface area contributed by atoms with Crippen molar-refractivity contribution in [3.8, 4) is 0 Å². The van der Waals surface area contributed by atoms with E-state index in [0.29, 0.717) is 12.1 Å². The van der Waals surface area contributed by atoms with Gasteiger partial charge in [0.15, 0.2) is 0 Å². The second kappa shape index (κ2) is 5.26. The van der Waals surface area contributed by atoms with E-state index >= 15 is 0 Å². The fraction of sp³-hybridized carbons (Fsp3) is 0.444. The van der Waals surface area contributed by atoms with Gasteiger partial charge in [0.05, 0.1) is 5.71 Å². The Morgan fingerprint density at radius 2 is 2.31 bits per heavy atom. The van der Waals surface area contributed by atoms with Crippen LogP contribution < -0.4 is 5.73 Å². The molecule has 0 fully saturated rings. The molecule has 0 radical (unpaired) electrons. The van der Waals surface area contributed by atoms with Gasteiger partial charge in [0, 0.05) is 18.9 Å². The van der Waals surface area contributed by atoms with Crippen LogP contribution in [0.25, 0.3) is 0 Å². The van der Waals surface area contributed by atoms with Gasteiger partial charge in [-0.15, -0.1) is 0 Å². The Bertz CT molecular complexity index is 350. The molecule has 0 unspecified atom stereocenters. The van der Waals surface area contributed by atoms with Crippen molar-refractivity contribution in [2.24, 2.45) is 10.9 Å². The molecule has 0 saturated heterocycles. The molecule has 0 amide bonds. The predicted molar refractivity (Wildman–Crippen MR) is 53.9 cm³/mol. The van der Waals surface area contributed by atoms with E-state index in [2.05, 4.69) is 5.16 Å². The van der Waals surface area contributed by atoms with Gasteiger partial charge in [0.2, 0.25) is 0 Å². The van der Waals surface area contributed by atoms with Crippen LogP contribution in [-0.2, 0) is 14.4 Å². The first-order valence-corrected chi connectivity index (χ1v) is 4.61. The van der Waals surface area contributed by atoms with E-state index in [1.54, 1.807) is 0 Å². The number of oxime groups is 1. The van der Waals surface area contributed by atoms with Crippen molar-refractivity contribution in [2.75, 3.05) is 0 Å². The number of carbonyl (C=O) groups is 2. The lowest BCUT2D eigenvalue weighted by atomic mass is 10.1. The molecule has 2 atom stereocenters. The highest BCUT2D eigenvalue weighted by Gasteiger charge is 2.25. The number of aliphatic carboxylic acids is 2. The van der Waals surface area contributed by atoms with Crippen LogP contribution in [0.15, 0.2) is 17.3 Å². The Morgan fingerprint density at radius 3 is 2.88 bits per heavy atom. The maximum Gasteiger partial charge on any atom is 0.328 e. The monoisotopic (exact) mass is 228 g/mol. The topological polar surface area (TPSA) is 122 Å². The number of rotatable bonds is 5. The molecule has 0 bridgehead atoms. The lowest BCUT2D eigenvalue weighted by Gasteiger charge is -2.10. The summed E-state index contributed by atoms with van der Waals surface area (Å²) < 4.78 is 0. The minimum atomic E-state index is -1.10. The molecule has 7 heteroatoms. The average molecular weight is 228 g/mol. The fourth-order valence-corrected chi connectivity index (χ4v) is 1.23. The van der Waals surface area contributed by atoms with E-state index in [1.807, 2.05) is 0 Å². The Hall–Kier alpha value is -1.89. The first kappa shape index (κ1) is 12.2. The van der Waals surface area contributed by atoms with Crippen LogP contribution in [0, 0.1) is 0 Å². The maximum atomic E-state index is 10.5. The smallest absolute Gasteiger partial charge is 0.328 e. The molecule has 0 saturated carbocycles. The fourth-order valence-electron chi connectivity index (χ4n) is 1.23. The van der Waals surface area contributed by atoms with Crippen LogP contribution in [0.5, 0.6) is 0 Å². The van der Waals surface area contributed by atoms with E-state index in [1.165, 1.54) is 6.08 Å². The number of nitrogens with two attached hydrogens (primary N) is 1. The normalized spacial score (nSPS) is 21.6. The molecule has 1 aliphatic heterocycles. The molecule has 16 heavy (non-hydrogen) atoms. The molecule has 88 valence electrons. The van der Waals surface area contributed by atoms with Gasteiger partial charge in [-0.1, -0.05) is 5.16 Å². The van der Waals surface area contributed by atoms with Gasteiger partial charge in [-0.25, -0.2) is 4.79 Å². The van der Waals surface area contributed by atoms with Gasteiger partial charge in [0.1, 0.15) is 12.1 Å². The van der Waals surface area contributed by atoms with Crippen molar-refractivity contribution in [3.63, 3.8) is 0 Å². The first-order valence-electron chi connectivity index (χ1n) is 4.61. The van der Waals surface area contributed by atoms with Crippen molar-refractivity contribution in [1.29, 1.82) is 0 Å². The highest BCUT2D eigenvalue weighted by atomic mass is 16.6. The zero-order valence-corrected chi connectivity index (χ0v) is 8.37. The Labute approximate surface area is 91.2 Å². The third-order valence-electron chi connectivity index (χ3n) is 2.01. The van der Waals surface area contributed by atoms with Crippen molar-refractivity contribution in [1.82, 2.24) is 0 Å². The van der Waals surface area contributed by atoms with E-state index in [4.69, 9.17) is 20.8 Å². The molecular weight excluding hydrogens is 216 g/mol. The van der Waals surface area contributed by atoms with Crippen LogP contribution in [0.1, 0.15) is 12.8 Å². The third kappa shape index (κ3) is 3.70. The number of carboxylic acid groups (broad SMARTS) is 2. The van der Waals surface area contributed by atoms with Gasteiger partial charge in [-0.2, -0.15) is 0 Å². The van der Waals surface area contributed by atoms with Crippen LogP contribution in [0.2, 0.25) is 0 Å². The quantitative estimate of drug-likeness (QED) is 0.549. The molecule has 7 nitrogen and oxygen atoms in total. The van der Waals surface area contributed by atoms with Crippen molar-refractivity contribution < 1.29 is 24.6 Å². The molecule has 1 aliphatic rings. The number of hydrogen-bond acceptors (Lipinski definition) is 5. The Kier molecular flexibility index (Phi) is 4.01. The Balaban J connectivity index is 2.39. The molecule has 0 aromatic heterocycles. The lowest BCUT2D eigenvalue weighted by Crippen LogP contribution is -2.34. The molecule has 1 heterocycles. The van der Waals surface area contributed by atoms with Crippen LogP contribution in [0.4, 0.5) is 0 Å². The first-order chi connectivity index (χ1) is 7.49. The molecule has 1 rings (SSSR count). The summed E-state index contributed by atoms with van der Waals surface area (Å²) in [6.45, 7) is 0. The molecule has 0 aliphatic carbocycles. The summed E-state index contributed by atoms with van der Waals surface area (Å²) in [7, 11) is 0. The highest BCUT2D eigenvalue weighted by Crippen LogP contribution is 2.15. The summed E-state index contributed by atoms with van der Waals surface area (Å²) in [6, 6.07) is -0.997. The summed E-state index contributed by atoms with van der Waals surface area (Å²) in [5.41, 5.74) is 5.78. The second-order valence-corrected chi connectivity index (χ2v) is 3.37. The zero-order valence-electron chi connectivity index (χ0n) is 8.37. The SMILES string of the molecule is N[C@@H](C[C@@H]1CC(/C=C/C(=O)O)=NO1)C(=O)O. The van der Waals surface area contributed by atoms with E-state index in [0.717, 1.165) is 6.08 Å². The largest absolute Gasteiger partial charge is 0.480 e. The maximum absolute atomic E-state index is 10.5. The highest BCUT2D eigenvalue weighted by molar-refractivity contribution is 5.99. The molecule has 0 aromatic carbocycles. The molecular formula is C9H12N2O5. The van der Waals surface area contributed by atoms with Gasteiger partial charge in [-0.3, -0.25) is 4.79 Å². The van der Waals surface area contributed by atoms with E-state index < -0.39 is 24.1 Å². The van der Waals surface area contributed by atoms with Gasteiger partial charge in [-0.05, 0) is 6.08 Å². The van der Waals surface area contributed by atoms with Gasteiger partial charge < -0.3 is 20.8 Å². The van der Waals surface area contributed by atoms with Gasteiger partial charge in [0.25, 0.3) is 0 Å². The standard InChI is InChI=1S/C9H12N2O5/c10-7(9(14)15)4-6-3-5(11-16-6)1-2-8(12)13/h1-2,6-7H,3-4,10H2,(H,12,13)(H,14,15)/b2-1+/t6-,7-/m0/s1. The summed E-state index contributed by atoms with van der Waals surface area (Å²) in [5, 5.41) is 20.6. The van der Waals surface area contributed by atoms with Crippen LogP contribution in [0.3, 0.4) is 0 Å². The summed E-state index contributed by atoms with van der Waals surface area (Å²) in [5.74, 6) is -2.17. The molecule has 0 spiro atoms. The summed E-state index contributed by atoms with van der Waals surface area (Å²) in [6.07, 6.45) is 2.36. The van der Waals surface area contributed by atoms with Crippen LogP contribution in [-0.4, -0.2) is 40.0 Å². The van der Waals surface area contributed by atoms with Crippen LogP contribution >= 0.6 is 0 Å². The van der Waals surface area contributed by atoms with Crippen molar-refractivity contribution in [2.45, 2.75) is 25.0 Å². The minimum Gasteiger partial charge on any atom is -0.480 e. The molecule has 4 N–H and O–H groups in total. The third-order valence-corrected chi connectivity index (χ3v) is 2.01. The van der Waals surface area contributed by atoms with Crippen molar-refractivity contribution >= 4 is 17.7 Å². The second-order valence-electron chi connectivity index (χ2n) is 3.37. The lowest BCUT2D eigenvalue weighted by molar-refractivity contribution is -0.139. The predicted octanol–water partition coefficient (Wildman–Crippen LogP) is -0.426. The van der Waals surface area contributed by atoms with E-state index in [-0.39, 0.29) is 6.42 Å². The average Bonchev–Trinajstić information content (AvgIpc) is 2.62. The van der Waals surface area contributed by atoms with E-state index in [9.17, 15) is 9.59 Å². The number of carboxylic acids is 2. The zero-order chi connectivity index (χ0) is 12.1. The van der Waals surface area contributed by atoms with Crippen molar-refractivity contribution in [3.05, 3.63) is 12.2 Å². The minimum absolute atomic E-state index is 0.142. The number of allylic oxidation sites excluding steroid dienone is 1. The Morgan fingerprint density at radius 1 is 1.62 bits per heavy atom.